The molecule has 2 rings (SSSR count). The summed E-state index contributed by atoms with van der Waals surface area (Å²) in [7, 11) is -2.24. The van der Waals surface area contributed by atoms with Crippen molar-refractivity contribution in [1.82, 2.24) is 10.0 Å². The van der Waals surface area contributed by atoms with Crippen LogP contribution in [0, 0.1) is 5.92 Å². The van der Waals surface area contributed by atoms with Crippen LogP contribution in [0.3, 0.4) is 0 Å². The van der Waals surface area contributed by atoms with E-state index in [1.165, 1.54) is 13.2 Å². The average molecular weight is 398 g/mol. The predicted octanol–water partition coefficient (Wildman–Crippen LogP) is 1.91. The van der Waals surface area contributed by atoms with Crippen molar-refractivity contribution in [3.05, 3.63) is 23.8 Å². The van der Waals surface area contributed by atoms with Gasteiger partial charge in [0.1, 0.15) is 5.75 Å². The Morgan fingerprint density at radius 2 is 2.11 bits per heavy atom. The van der Waals surface area contributed by atoms with Crippen molar-refractivity contribution in [2.75, 3.05) is 13.7 Å². The molecule has 27 heavy (non-hydrogen) atoms. The smallest absolute Gasteiger partial charge is 0.241 e. The first-order valence-corrected chi connectivity index (χ1v) is 10.9. The third-order valence-electron chi connectivity index (χ3n) is 5.51. The Balaban J connectivity index is 2.30. The summed E-state index contributed by atoms with van der Waals surface area (Å²) in [5.74, 6) is 0.596. The van der Waals surface area contributed by atoms with Gasteiger partial charge < -0.3 is 15.8 Å². The average Bonchev–Trinajstić information content (AvgIpc) is 2.67. The second-order valence-electron chi connectivity index (χ2n) is 7.22. The van der Waals surface area contributed by atoms with E-state index in [9.17, 15) is 13.2 Å². The Labute approximate surface area is 162 Å². The Kier molecular flexibility index (Phi) is 7.25. The molecule has 0 bridgehead atoms. The minimum absolute atomic E-state index is 0.110. The van der Waals surface area contributed by atoms with Gasteiger partial charge in [0, 0.05) is 30.6 Å². The van der Waals surface area contributed by atoms with Gasteiger partial charge in [0.2, 0.25) is 15.9 Å². The summed E-state index contributed by atoms with van der Waals surface area (Å²) in [5, 5.41) is 2.75. The molecule has 1 aromatic rings. The minimum atomic E-state index is -3.75. The molecule has 2 unspecified atom stereocenters. The molecule has 1 aliphatic carbocycles. The van der Waals surface area contributed by atoms with Gasteiger partial charge >= 0.3 is 0 Å². The molecule has 8 heteroatoms. The second kappa shape index (κ2) is 9.03. The maximum absolute atomic E-state index is 13.1. The van der Waals surface area contributed by atoms with E-state index in [1.54, 1.807) is 19.1 Å². The maximum Gasteiger partial charge on any atom is 0.241 e. The lowest BCUT2D eigenvalue weighted by Gasteiger charge is -2.42. The number of ether oxygens (including phenoxy) is 1. The van der Waals surface area contributed by atoms with E-state index >= 15 is 0 Å². The van der Waals surface area contributed by atoms with E-state index < -0.39 is 15.6 Å². The Morgan fingerprint density at radius 1 is 1.37 bits per heavy atom. The molecule has 1 fully saturated rings. The number of benzene rings is 1. The van der Waals surface area contributed by atoms with Crippen LogP contribution in [0.15, 0.2) is 23.1 Å². The van der Waals surface area contributed by atoms with E-state index in [-0.39, 0.29) is 29.8 Å². The summed E-state index contributed by atoms with van der Waals surface area (Å²) in [6, 6.07) is 4.68. The third-order valence-corrected chi connectivity index (χ3v) is 7.06. The van der Waals surface area contributed by atoms with Crippen LogP contribution in [0.2, 0.25) is 0 Å². The molecule has 7 nitrogen and oxygen atoms in total. The predicted molar refractivity (Wildman–Crippen MR) is 105 cm³/mol. The molecule has 0 spiro atoms. The van der Waals surface area contributed by atoms with Crippen LogP contribution in [0.1, 0.15) is 51.5 Å². The van der Waals surface area contributed by atoms with Crippen molar-refractivity contribution in [2.45, 2.75) is 62.9 Å². The van der Waals surface area contributed by atoms with Crippen molar-refractivity contribution in [1.29, 1.82) is 0 Å². The number of carbonyl (C=O) groups excluding carboxylic acids is 1. The van der Waals surface area contributed by atoms with E-state index in [0.717, 1.165) is 25.7 Å². The number of nitrogens with one attached hydrogen (secondary N) is 2. The Morgan fingerprint density at radius 3 is 2.70 bits per heavy atom. The summed E-state index contributed by atoms with van der Waals surface area (Å²) in [5.41, 5.74) is 5.99. The number of methoxy groups -OCH3 is 1. The second-order valence-corrected chi connectivity index (χ2v) is 8.90. The molecule has 1 saturated carbocycles. The number of nitrogens with two attached hydrogens (primary N) is 1. The van der Waals surface area contributed by atoms with Crippen molar-refractivity contribution >= 4 is 15.9 Å². The molecule has 0 heterocycles. The summed E-state index contributed by atoms with van der Waals surface area (Å²) in [6.45, 7) is 4.28. The molecule has 1 aromatic carbocycles. The van der Waals surface area contributed by atoms with Crippen LogP contribution >= 0.6 is 0 Å². The number of rotatable bonds is 8. The van der Waals surface area contributed by atoms with E-state index in [2.05, 4.69) is 10.0 Å². The molecule has 0 aliphatic heterocycles. The molecule has 4 N–H and O–H groups in total. The lowest BCUT2D eigenvalue weighted by molar-refractivity contribution is -0.120. The molecule has 0 radical (unpaired) electrons. The highest BCUT2D eigenvalue weighted by molar-refractivity contribution is 7.89. The fraction of sp³-hybridized carbons (Fsp3) is 0.632. The zero-order chi connectivity index (χ0) is 20.1. The molecule has 2 atom stereocenters. The van der Waals surface area contributed by atoms with Crippen molar-refractivity contribution in [2.24, 2.45) is 11.7 Å². The Hall–Kier alpha value is -1.64. The summed E-state index contributed by atoms with van der Waals surface area (Å²) < 4.78 is 34.3. The standard InChI is InChI=1S/C19H31N3O4S/c1-4-18(23)21-12-15-11-16(8-9-17(15)26-3)27(24,25)22-19(13-20)10-6-5-7-14(19)2/h8-9,11,14,22H,4-7,10,12-13,20H2,1-3H3,(H,21,23). The van der Waals surface area contributed by atoms with Gasteiger partial charge in [-0.1, -0.05) is 26.7 Å². The summed E-state index contributed by atoms with van der Waals surface area (Å²) in [6.07, 6.45) is 4.10. The van der Waals surface area contributed by atoms with Crippen LogP contribution in [0.25, 0.3) is 0 Å². The van der Waals surface area contributed by atoms with Crippen molar-refractivity contribution in [3.8, 4) is 5.75 Å². The lowest BCUT2D eigenvalue weighted by Crippen LogP contribution is -2.58. The number of sulfonamides is 1. The number of amides is 1. The topological polar surface area (TPSA) is 111 Å². The van der Waals surface area contributed by atoms with Gasteiger partial charge in [-0.2, -0.15) is 0 Å². The highest BCUT2D eigenvalue weighted by Crippen LogP contribution is 2.34. The zero-order valence-corrected chi connectivity index (χ0v) is 17.2. The van der Waals surface area contributed by atoms with Crippen molar-refractivity contribution in [3.63, 3.8) is 0 Å². The molecular formula is C19H31N3O4S. The normalized spacial score (nSPS) is 23.0. The maximum atomic E-state index is 13.1. The number of hydrogen-bond donors (Lipinski definition) is 3. The lowest BCUT2D eigenvalue weighted by atomic mass is 9.74. The van der Waals surface area contributed by atoms with Gasteiger partial charge in [-0.25, -0.2) is 13.1 Å². The van der Waals surface area contributed by atoms with Gasteiger partial charge in [-0.15, -0.1) is 0 Å². The third kappa shape index (κ3) is 5.00. The van der Waals surface area contributed by atoms with Gasteiger partial charge in [0.15, 0.2) is 0 Å². The number of carbonyl (C=O) groups is 1. The van der Waals surface area contributed by atoms with Gasteiger partial charge in [-0.05, 0) is 37.0 Å². The van der Waals surface area contributed by atoms with Gasteiger partial charge in [-0.3, -0.25) is 4.79 Å². The first-order valence-electron chi connectivity index (χ1n) is 9.45. The molecule has 0 aromatic heterocycles. The first-order chi connectivity index (χ1) is 12.8. The van der Waals surface area contributed by atoms with Crippen LogP contribution in [0.4, 0.5) is 0 Å². The highest BCUT2D eigenvalue weighted by atomic mass is 32.2. The van der Waals surface area contributed by atoms with Crippen molar-refractivity contribution < 1.29 is 17.9 Å². The van der Waals surface area contributed by atoms with E-state index in [4.69, 9.17) is 10.5 Å². The fourth-order valence-corrected chi connectivity index (χ4v) is 5.20. The van der Waals surface area contributed by atoms with Gasteiger partial charge in [0.05, 0.1) is 12.0 Å². The fourth-order valence-electron chi connectivity index (χ4n) is 3.62. The highest BCUT2D eigenvalue weighted by Gasteiger charge is 2.40. The van der Waals surface area contributed by atoms with E-state index in [0.29, 0.717) is 17.7 Å². The van der Waals surface area contributed by atoms with Crippen LogP contribution in [-0.4, -0.2) is 33.5 Å². The quantitative estimate of drug-likeness (QED) is 0.620. The van der Waals surface area contributed by atoms with Crippen LogP contribution < -0.4 is 20.5 Å². The molecule has 0 saturated heterocycles. The molecular weight excluding hydrogens is 366 g/mol. The summed E-state index contributed by atoms with van der Waals surface area (Å²) in [4.78, 5) is 11.7. The summed E-state index contributed by atoms with van der Waals surface area (Å²) >= 11 is 0. The SMILES string of the molecule is CCC(=O)NCc1cc(S(=O)(=O)NC2(CN)CCCCC2C)ccc1OC. The molecule has 152 valence electrons. The molecule has 1 aliphatic rings. The van der Waals surface area contributed by atoms with E-state index in [1.807, 2.05) is 6.92 Å². The monoisotopic (exact) mass is 397 g/mol. The van der Waals surface area contributed by atoms with Crippen LogP contribution in [-0.2, 0) is 21.4 Å². The number of hydrogen-bond acceptors (Lipinski definition) is 5. The largest absolute Gasteiger partial charge is 0.496 e. The zero-order valence-electron chi connectivity index (χ0n) is 16.4. The first kappa shape index (κ1) is 21.7. The van der Waals surface area contributed by atoms with Crippen LogP contribution in [0.5, 0.6) is 5.75 Å². The van der Waals surface area contributed by atoms with Gasteiger partial charge in [0.25, 0.3) is 0 Å². The Bertz CT molecular complexity index is 766. The molecule has 1 amide bonds. The minimum Gasteiger partial charge on any atom is -0.496 e.